The van der Waals surface area contributed by atoms with Crippen molar-refractivity contribution >= 4 is 5.78 Å². The summed E-state index contributed by atoms with van der Waals surface area (Å²) in [5, 5.41) is 0. The van der Waals surface area contributed by atoms with Crippen molar-refractivity contribution in [1.82, 2.24) is 0 Å². The molecule has 0 bridgehead atoms. The molecule has 0 amide bonds. The number of Topliss-reactive ketones (excluding diaryl/α,β-unsaturated/α-hetero) is 1. The molecule has 0 aliphatic heterocycles. The van der Waals surface area contributed by atoms with E-state index in [9.17, 15) is 4.79 Å². The van der Waals surface area contributed by atoms with Gasteiger partial charge < -0.3 is 18.9 Å². The molecule has 0 fully saturated rings. The van der Waals surface area contributed by atoms with Crippen LogP contribution in [0.5, 0.6) is 23.0 Å². The van der Waals surface area contributed by atoms with E-state index in [1.807, 2.05) is 36.4 Å². The number of ether oxygens (including phenoxy) is 4. The Kier molecular flexibility index (Phi) is 10.6. The molecule has 0 radical (unpaired) electrons. The van der Waals surface area contributed by atoms with Crippen molar-refractivity contribution in [3.63, 3.8) is 0 Å². The van der Waals surface area contributed by atoms with Crippen LogP contribution in [0.15, 0.2) is 36.4 Å². The van der Waals surface area contributed by atoms with Crippen LogP contribution in [0.1, 0.15) is 63.9 Å². The zero-order valence-electron chi connectivity index (χ0n) is 21.3. The van der Waals surface area contributed by atoms with Crippen LogP contribution < -0.4 is 18.9 Å². The van der Waals surface area contributed by atoms with E-state index in [0.717, 1.165) is 11.3 Å². The Hall–Kier alpha value is -2.69. The number of carbonyl (C=O) groups excluding carboxylic acids is 1. The fourth-order valence-corrected chi connectivity index (χ4v) is 3.19. The van der Waals surface area contributed by atoms with Gasteiger partial charge in [-0.2, -0.15) is 0 Å². The monoisotopic (exact) mass is 456 g/mol. The molecule has 0 spiro atoms. The van der Waals surface area contributed by atoms with E-state index in [0.29, 0.717) is 73.2 Å². The van der Waals surface area contributed by atoms with Gasteiger partial charge in [0.1, 0.15) is 11.5 Å². The van der Waals surface area contributed by atoms with Crippen LogP contribution in [0.3, 0.4) is 0 Å². The molecule has 182 valence electrons. The maximum absolute atomic E-state index is 13.1. The highest BCUT2D eigenvalue weighted by Gasteiger charge is 2.18. The molecule has 5 nitrogen and oxygen atoms in total. The smallest absolute Gasteiger partial charge is 0.166 e. The minimum Gasteiger partial charge on any atom is -0.493 e. The fraction of sp³-hybridized carbons (Fsp3) is 0.536. The summed E-state index contributed by atoms with van der Waals surface area (Å²) in [6, 6.07) is 11.3. The SMILES string of the molecule is COc1cc(OCC(C)C)cc(CCC(=O)c2ccccc2OCC(C)C)c1OCC(C)C. The van der Waals surface area contributed by atoms with Crippen molar-refractivity contribution in [3.05, 3.63) is 47.5 Å². The topological polar surface area (TPSA) is 54.0 Å². The highest BCUT2D eigenvalue weighted by atomic mass is 16.5. The maximum atomic E-state index is 13.1. The minimum atomic E-state index is 0.0386. The summed E-state index contributed by atoms with van der Waals surface area (Å²) < 4.78 is 23.6. The molecule has 2 aromatic rings. The van der Waals surface area contributed by atoms with Crippen LogP contribution in [0.4, 0.5) is 0 Å². The lowest BCUT2D eigenvalue weighted by Gasteiger charge is -2.19. The number of hydrogen-bond donors (Lipinski definition) is 0. The Balaban J connectivity index is 2.26. The Bertz CT molecular complexity index is 886. The number of para-hydroxylation sites is 1. The Labute approximate surface area is 199 Å². The van der Waals surface area contributed by atoms with Crippen LogP contribution in [0.2, 0.25) is 0 Å². The first kappa shape index (κ1) is 26.6. The van der Waals surface area contributed by atoms with Gasteiger partial charge in [-0.25, -0.2) is 0 Å². The van der Waals surface area contributed by atoms with Crippen molar-refractivity contribution in [2.45, 2.75) is 54.4 Å². The molecular weight excluding hydrogens is 416 g/mol. The van der Waals surface area contributed by atoms with Crippen LogP contribution in [-0.2, 0) is 6.42 Å². The molecule has 0 saturated carbocycles. The van der Waals surface area contributed by atoms with Gasteiger partial charge in [-0.1, -0.05) is 53.7 Å². The molecule has 0 aliphatic carbocycles. The highest BCUT2D eigenvalue weighted by Crippen LogP contribution is 2.37. The normalized spacial score (nSPS) is 11.2. The van der Waals surface area contributed by atoms with Crippen LogP contribution in [-0.4, -0.2) is 32.7 Å². The molecular formula is C28H40O5. The Morgan fingerprint density at radius 2 is 1.39 bits per heavy atom. The molecule has 2 aromatic carbocycles. The third kappa shape index (κ3) is 8.64. The predicted molar refractivity (Wildman–Crippen MR) is 133 cm³/mol. The number of hydrogen-bond acceptors (Lipinski definition) is 5. The van der Waals surface area contributed by atoms with E-state index in [2.05, 4.69) is 41.5 Å². The first-order valence-electron chi connectivity index (χ1n) is 11.9. The number of benzene rings is 2. The fourth-order valence-electron chi connectivity index (χ4n) is 3.19. The summed E-state index contributed by atoms with van der Waals surface area (Å²) in [5.41, 5.74) is 1.52. The average Bonchev–Trinajstić information content (AvgIpc) is 2.78. The van der Waals surface area contributed by atoms with Crippen LogP contribution >= 0.6 is 0 Å². The number of carbonyl (C=O) groups is 1. The van der Waals surface area contributed by atoms with Crippen LogP contribution in [0, 0.1) is 17.8 Å². The Morgan fingerprint density at radius 1 is 0.788 bits per heavy atom. The van der Waals surface area contributed by atoms with Crippen LogP contribution in [0.25, 0.3) is 0 Å². The second-order valence-corrected chi connectivity index (χ2v) is 9.65. The highest BCUT2D eigenvalue weighted by molar-refractivity contribution is 5.98. The van der Waals surface area contributed by atoms with Gasteiger partial charge in [-0.05, 0) is 42.4 Å². The Morgan fingerprint density at radius 3 is 2.03 bits per heavy atom. The van der Waals surface area contributed by atoms with E-state index in [1.165, 1.54) is 0 Å². The van der Waals surface area contributed by atoms with Crippen molar-refractivity contribution in [2.24, 2.45) is 17.8 Å². The quantitative estimate of drug-likeness (QED) is 0.299. The number of rotatable bonds is 14. The average molecular weight is 457 g/mol. The molecule has 33 heavy (non-hydrogen) atoms. The zero-order chi connectivity index (χ0) is 24.4. The standard InChI is InChI=1S/C28H40O5/c1-19(2)16-31-23-14-22(28(27(15-23)30-7)33-18-21(5)6)12-13-25(29)24-10-8-9-11-26(24)32-17-20(3)4/h8-11,14-15,19-21H,12-13,16-18H2,1-7H3. The van der Waals surface area contributed by atoms with E-state index in [1.54, 1.807) is 7.11 Å². The van der Waals surface area contributed by atoms with Gasteiger partial charge in [0.15, 0.2) is 17.3 Å². The molecule has 0 atom stereocenters. The molecule has 0 heterocycles. The maximum Gasteiger partial charge on any atom is 0.166 e. The van der Waals surface area contributed by atoms with Crippen molar-refractivity contribution < 1.29 is 23.7 Å². The lowest BCUT2D eigenvalue weighted by atomic mass is 10.0. The van der Waals surface area contributed by atoms with Gasteiger partial charge in [0, 0.05) is 18.1 Å². The van der Waals surface area contributed by atoms with Crippen molar-refractivity contribution in [1.29, 1.82) is 0 Å². The largest absolute Gasteiger partial charge is 0.493 e. The summed E-state index contributed by atoms with van der Waals surface area (Å²) in [6.07, 6.45) is 0.844. The molecule has 0 saturated heterocycles. The van der Waals surface area contributed by atoms with Gasteiger partial charge in [-0.3, -0.25) is 4.79 Å². The molecule has 0 aliphatic rings. The summed E-state index contributed by atoms with van der Waals surface area (Å²) >= 11 is 0. The predicted octanol–water partition coefficient (Wildman–Crippen LogP) is 6.62. The van der Waals surface area contributed by atoms with E-state index < -0.39 is 0 Å². The lowest BCUT2D eigenvalue weighted by Crippen LogP contribution is -2.11. The van der Waals surface area contributed by atoms with Gasteiger partial charge >= 0.3 is 0 Å². The first-order valence-corrected chi connectivity index (χ1v) is 11.9. The summed E-state index contributed by atoms with van der Waals surface area (Å²) in [6.45, 7) is 14.3. The lowest BCUT2D eigenvalue weighted by molar-refractivity contribution is 0.0977. The minimum absolute atomic E-state index is 0.0386. The van der Waals surface area contributed by atoms with Gasteiger partial charge in [0.25, 0.3) is 0 Å². The molecule has 2 rings (SSSR count). The first-order chi connectivity index (χ1) is 15.7. The second-order valence-electron chi connectivity index (χ2n) is 9.65. The summed E-state index contributed by atoms with van der Waals surface area (Å²) in [5.74, 6) is 3.86. The third-order valence-corrected chi connectivity index (χ3v) is 4.85. The third-order valence-electron chi connectivity index (χ3n) is 4.85. The van der Waals surface area contributed by atoms with Crippen molar-refractivity contribution in [3.8, 4) is 23.0 Å². The number of aryl methyl sites for hydroxylation is 1. The number of methoxy groups -OCH3 is 1. The molecule has 0 unspecified atom stereocenters. The number of ketones is 1. The second kappa shape index (κ2) is 13.1. The van der Waals surface area contributed by atoms with Gasteiger partial charge in [-0.15, -0.1) is 0 Å². The molecule has 5 heteroatoms. The van der Waals surface area contributed by atoms with Gasteiger partial charge in [0.2, 0.25) is 0 Å². The molecule has 0 N–H and O–H groups in total. The molecule has 0 aromatic heterocycles. The summed E-state index contributed by atoms with van der Waals surface area (Å²) in [4.78, 5) is 13.1. The zero-order valence-corrected chi connectivity index (χ0v) is 21.3. The van der Waals surface area contributed by atoms with Gasteiger partial charge in [0.05, 0.1) is 32.5 Å². The van der Waals surface area contributed by atoms with E-state index >= 15 is 0 Å². The van der Waals surface area contributed by atoms with E-state index in [4.69, 9.17) is 18.9 Å². The summed E-state index contributed by atoms with van der Waals surface area (Å²) in [7, 11) is 1.63. The van der Waals surface area contributed by atoms with E-state index in [-0.39, 0.29) is 5.78 Å². The van der Waals surface area contributed by atoms with Crippen molar-refractivity contribution in [2.75, 3.05) is 26.9 Å².